The number of aliphatic hydroxyl groups is 3. The Balaban J connectivity index is 1.81. The summed E-state index contributed by atoms with van der Waals surface area (Å²) in [5.41, 5.74) is 0.851. The van der Waals surface area contributed by atoms with E-state index in [0.29, 0.717) is 23.2 Å². The number of hydrogen-bond acceptors (Lipinski definition) is 3. The van der Waals surface area contributed by atoms with Crippen LogP contribution in [0.2, 0.25) is 0 Å². The zero-order valence-corrected chi connectivity index (χ0v) is 13.4. The second kappa shape index (κ2) is 4.41. The summed E-state index contributed by atoms with van der Waals surface area (Å²) in [7, 11) is 0. The summed E-state index contributed by atoms with van der Waals surface area (Å²) in [5, 5.41) is 30.6. The van der Waals surface area contributed by atoms with E-state index in [1.165, 1.54) is 25.7 Å². The Morgan fingerprint density at radius 1 is 1.09 bits per heavy atom. The first kappa shape index (κ1) is 14.4. The molecule has 4 aliphatic carbocycles. The number of hydrogen-bond donors (Lipinski definition) is 3. The molecule has 0 spiro atoms. The molecule has 0 amide bonds. The van der Waals surface area contributed by atoms with Crippen molar-refractivity contribution in [3.8, 4) is 0 Å². The molecule has 6 atom stereocenters. The van der Waals surface area contributed by atoms with Gasteiger partial charge < -0.3 is 15.3 Å². The van der Waals surface area contributed by atoms with Crippen LogP contribution in [0.5, 0.6) is 0 Å². The fraction of sp³-hybridized carbons (Fsp3) is 0.684. The highest BCUT2D eigenvalue weighted by atomic mass is 16.3. The Kier molecular flexibility index (Phi) is 2.88. The minimum atomic E-state index is -1.08. The van der Waals surface area contributed by atoms with E-state index in [1.54, 1.807) is 6.08 Å². The molecule has 0 heterocycles. The highest BCUT2D eigenvalue weighted by Gasteiger charge is 2.57. The quantitative estimate of drug-likeness (QED) is 0.633. The molecule has 3 nitrogen and oxygen atoms in total. The van der Waals surface area contributed by atoms with Gasteiger partial charge in [-0.25, -0.2) is 0 Å². The molecule has 3 heteroatoms. The molecular weight excluding hydrogens is 276 g/mol. The summed E-state index contributed by atoms with van der Waals surface area (Å²) >= 11 is 0. The van der Waals surface area contributed by atoms with E-state index in [0.717, 1.165) is 12.0 Å². The summed E-state index contributed by atoms with van der Waals surface area (Å²) in [5.74, 6) is 1.18. The second-order valence-corrected chi connectivity index (χ2v) is 8.24. The first-order valence-corrected chi connectivity index (χ1v) is 8.59. The van der Waals surface area contributed by atoms with E-state index < -0.39 is 11.5 Å². The zero-order chi connectivity index (χ0) is 15.7. The van der Waals surface area contributed by atoms with Gasteiger partial charge in [0, 0.05) is 0 Å². The van der Waals surface area contributed by atoms with Gasteiger partial charge in [-0.1, -0.05) is 25.5 Å². The topological polar surface area (TPSA) is 60.7 Å². The lowest BCUT2D eigenvalue weighted by molar-refractivity contribution is 0.00129. The molecule has 0 aliphatic heterocycles. The summed E-state index contributed by atoms with van der Waals surface area (Å²) in [6, 6.07) is 0. The van der Waals surface area contributed by atoms with Crippen LogP contribution in [-0.4, -0.2) is 21.4 Å². The number of rotatable bonds is 0. The molecule has 0 aromatic carbocycles. The summed E-state index contributed by atoms with van der Waals surface area (Å²) < 4.78 is 0. The molecule has 4 rings (SSSR count). The van der Waals surface area contributed by atoms with Gasteiger partial charge >= 0.3 is 0 Å². The SMILES string of the molecule is C[C@@]12CCC[C@H]1[C@@H]1C=CC3=CC(O)C(O)=C(O)[C@]3(C)[C@H]1CC2. The van der Waals surface area contributed by atoms with Crippen molar-refractivity contribution in [1.29, 1.82) is 0 Å². The van der Waals surface area contributed by atoms with Gasteiger partial charge in [0.25, 0.3) is 0 Å². The largest absolute Gasteiger partial charge is 0.508 e. The lowest BCUT2D eigenvalue weighted by atomic mass is 9.50. The van der Waals surface area contributed by atoms with Crippen molar-refractivity contribution < 1.29 is 15.3 Å². The lowest BCUT2D eigenvalue weighted by Crippen LogP contribution is -2.49. The zero-order valence-electron chi connectivity index (χ0n) is 13.4. The summed E-state index contributed by atoms with van der Waals surface area (Å²) in [6.45, 7) is 4.47. The van der Waals surface area contributed by atoms with Crippen molar-refractivity contribution in [1.82, 2.24) is 0 Å². The van der Waals surface area contributed by atoms with Crippen molar-refractivity contribution in [2.24, 2.45) is 28.6 Å². The second-order valence-electron chi connectivity index (χ2n) is 8.24. The number of aliphatic hydroxyl groups excluding tert-OH is 3. The Bertz CT molecular complexity index is 602. The van der Waals surface area contributed by atoms with Crippen molar-refractivity contribution in [3.05, 3.63) is 35.3 Å². The molecule has 1 unspecified atom stereocenters. The van der Waals surface area contributed by atoms with E-state index in [2.05, 4.69) is 19.1 Å². The van der Waals surface area contributed by atoms with Gasteiger partial charge in [0.2, 0.25) is 0 Å². The number of allylic oxidation sites excluding steroid dienone is 3. The van der Waals surface area contributed by atoms with Crippen LogP contribution in [0.4, 0.5) is 0 Å². The van der Waals surface area contributed by atoms with E-state index in [4.69, 9.17) is 0 Å². The maximum Gasteiger partial charge on any atom is 0.163 e. The van der Waals surface area contributed by atoms with Crippen molar-refractivity contribution >= 4 is 0 Å². The average Bonchev–Trinajstić information content (AvgIpc) is 2.89. The van der Waals surface area contributed by atoms with Crippen LogP contribution < -0.4 is 0 Å². The van der Waals surface area contributed by atoms with Gasteiger partial charge in [0.15, 0.2) is 5.76 Å². The average molecular weight is 302 g/mol. The molecular formula is C19H26O3. The van der Waals surface area contributed by atoms with Gasteiger partial charge in [-0.15, -0.1) is 0 Å². The van der Waals surface area contributed by atoms with Crippen LogP contribution in [0.1, 0.15) is 46.0 Å². The maximum atomic E-state index is 10.6. The van der Waals surface area contributed by atoms with Crippen molar-refractivity contribution in [2.45, 2.75) is 52.1 Å². The normalized spacial score (nSPS) is 50.2. The van der Waals surface area contributed by atoms with Crippen LogP contribution in [-0.2, 0) is 0 Å². The van der Waals surface area contributed by atoms with Crippen LogP contribution in [0.15, 0.2) is 35.3 Å². The fourth-order valence-electron chi connectivity index (χ4n) is 5.93. The van der Waals surface area contributed by atoms with Crippen molar-refractivity contribution in [2.75, 3.05) is 0 Å². The molecule has 4 aliphatic rings. The minimum absolute atomic E-state index is 0.0153. The predicted octanol–water partition coefficient (Wildman–Crippen LogP) is 4.02. The molecule has 3 N–H and O–H groups in total. The molecule has 0 bridgehead atoms. The fourth-order valence-corrected chi connectivity index (χ4v) is 5.93. The van der Waals surface area contributed by atoms with Gasteiger partial charge in [0.05, 0.1) is 5.41 Å². The Morgan fingerprint density at radius 2 is 1.86 bits per heavy atom. The summed E-state index contributed by atoms with van der Waals surface area (Å²) in [6.07, 6.45) is 11.2. The highest BCUT2D eigenvalue weighted by molar-refractivity contribution is 5.45. The third-order valence-electron chi connectivity index (χ3n) is 7.31. The van der Waals surface area contributed by atoms with Gasteiger partial charge in [-0.3, -0.25) is 0 Å². The summed E-state index contributed by atoms with van der Waals surface area (Å²) in [4.78, 5) is 0. The molecule has 2 saturated carbocycles. The number of fused-ring (bicyclic) bond motifs is 5. The molecule has 0 aromatic rings. The van der Waals surface area contributed by atoms with E-state index >= 15 is 0 Å². The lowest BCUT2D eigenvalue weighted by Gasteiger charge is -2.54. The maximum absolute atomic E-state index is 10.6. The Labute approximate surface area is 132 Å². The van der Waals surface area contributed by atoms with Gasteiger partial charge in [0.1, 0.15) is 11.9 Å². The Hall–Kier alpha value is -1.22. The molecule has 0 radical (unpaired) electrons. The molecule has 22 heavy (non-hydrogen) atoms. The first-order chi connectivity index (χ1) is 10.4. The van der Waals surface area contributed by atoms with Crippen molar-refractivity contribution in [3.63, 3.8) is 0 Å². The van der Waals surface area contributed by atoms with Crippen LogP contribution >= 0.6 is 0 Å². The van der Waals surface area contributed by atoms with Crippen LogP contribution in [0.3, 0.4) is 0 Å². The smallest absolute Gasteiger partial charge is 0.163 e. The Morgan fingerprint density at radius 3 is 2.64 bits per heavy atom. The van der Waals surface area contributed by atoms with Crippen LogP contribution in [0, 0.1) is 28.6 Å². The molecule has 0 saturated heterocycles. The highest BCUT2D eigenvalue weighted by Crippen LogP contribution is 2.64. The third kappa shape index (κ3) is 1.61. The molecule has 0 aromatic heterocycles. The monoisotopic (exact) mass is 302 g/mol. The third-order valence-corrected chi connectivity index (χ3v) is 7.31. The first-order valence-electron chi connectivity index (χ1n) is 8.59. The van der Waals surface area contributed by atoms with E-state index in [-0.39, 0.29) is 11.5 Å². The van der Waals surface area contributed by atoms with Crippen LogP contribution in [0.25, 0.3) is 0 Å². The minimum Gasteiger partial charge on any atom is -0.508 e. The standard InChI is InChI=1S/C19H26O3/c1-18-8-3-4-13(18)12-6-5-11-10-15(20)16(21)17(22)19(11,2)14(12)7-9-18/h5-6,10,12-15,20-22H,3-4,7-9H2,1-2H3/t12-,13-,14-,15?,18-,19-/m0/s1. The molecule has 2 fully saturated rings. The van der Waals surface area contributed by atoms with E-state index in [9.17, 15) is 15.3 Å². The van der Waals surface area contributed by atoms with E-state index in [1.807, 2.05) is 6.92 Å². The predicted molar refractivity (Wildman–Crippen MR) is 85.3 cm³/mol. The molecule has 120 valence electrons. The van der Waals surface area contributed by atoms with Gasteiger partial charge in [-0.05, 0) is 67.4 Å². The van der Waals surface area contributed by atoms with Gasteiger partial charge in [-0.2, -0.15) is 0 Å².